The van der Waals surface area contributed by atoms with Gasteiger partial charge in [0, 0.05) is 16.9 Å². The first-order valence-electron chi connectivity index (χ1n) is 5.23. The second-order valence-electron chi connectivity index (χ2n) is 4.02. The normalized spacial score (nSPS) is 15.4. The molecule has 0 unspecified atom stereocenters. The third-order valence-electron chi connectivity index (χ3n) is 2.46. The van der Waals surface area contributed by atoms with E-state index in [4.69, 9.17) is 11.5 Å². The van der Waals surface area contributed by atoms with Crippen molar-refractivity contribution < 1.29 is 14.4 Å². The van der Waals surface area contributed by atoms with Crippen LogP contribution in [-0.4, -0.2) is 35.7 Å². The van der Waals surface area contributed by atoms with Crippen LogP contribution in [0.1, 0.15) is 10.4 Å². The van der Waals surface area contributed by atoms with E-state index < -0.39 is 17.7 Å². The number of carbonyl (C=O) groups excluding carboxylic acids is 3. The summed E-state index contributed by atoms with van der Waals surface area (Å²) in [7, 11) is 0. The number of imide groups is 1. The Balaban J connectivity index is 2.25. The van der Waals surface area contributed by atoms with Crippen LogP contribution in [0.3, 0.4) is 0 Å². The fourth-order valence-electron chi connectivity index (χ4n) is 1.76. The lowest BCUT2D eigenvalue weighted by atomic mass is 10.1. The van der Waals surface area contributed by atoms with Crippen LogP contribution in [-0.2, 0) is 9.59 Å². The molecule has 94 valence electrons. The molecule has 2 rings (SSSR count). The second kappa shape index (κ2) is 4.36. The van der Waals surface area contributed by atoms with Crippen LogP contribution < -0.4 is 16.8 Å². The van der Waals surface area contributed by atoms with Gasteiger partial charge >= 0.3 is 0 Å². The van der Waals surface area contributed by atoms with Crippen LogP contribution in [0, 0.1) is 0 Å². The Morgan fingerprint density at radius 2 is 1.56 bits per heavy atom. The lowest BCUT2D eigenvalue weighted by Gasteiger charge is -2.25. The molecule has 1 saturated heterocycles. The molecular weight excluding hydrogens is 236 g/mol. The quantitative estimate of drug-likeness (QED) is 0.433. The van der Waals surface area contributed by atoms with Gasteiger partial charge in [-0.2, -0.15) is 0 Å². The molecule has 0 bridgehead atoms. The average Bonchev–Trinajstić information content (AvgIpc) is 2.25. The molecule has 1 fully saturated rings. The molecule has 1 aliphatic rings. The number of anilines is 2. The van der Waals surface area contributed by atoms with Gasteiger partial charge in [0.05, 0.1) is 0 Å². The molecule has 3 amide bonds. The Kier molecular flexibility index (Phi) is 2.88. The van der Waals surface area contributed by atoms with E-state index in [9.17, 15) is 14.4 Å². The SMILES string of the molecule is Nc1cc(N)cc(C(=O)N2CC(=O)NC(=O)C2)c1. The molecule has 7 heteroatoms. The second-order valence-corrected chi connectivity index (χ2v) is 4.02. The monoisotopic (exact) mass is 248 g/mol. The van der Waals surface area contributed by atoms with E-state index in [0.717, 1.165) is 4.90 Å². The minimum absolute atomic E-state index is 0.153. The highest BCUT2D eigenvalue weighted by molar-refractivity contribution is 6.06. The van der Waals surface area contributed by atoms with E-state index in [2.05, 4.69) is 5.32 Å². The summed E-state index contributed by atoms with van der Waals surface area (Å²) in [6.07, 6.45) is 0. The van der Waals surface area contributed by atoms with Gasteiger partial charge in [-0.3, -0.25) is 19.7 Å². The fraction of sp³-hybridized carbons (Fsp3) is 0.182. The zero-order chi connectivity index (χ0) is 13.3. The minimum Gasteiger partial charge on any atom is -0.399 e. The highest BCUT2D eigenvalue weighted by Crippen LogP contribution is 2.16. The van der Waals surface area contributed by atoms with Gasteiger partial charge in [-0.25, -0.2) is 0 Å². The number of piperazine rings is 1. The van der Waals surface area contributed by atoms with E-state index in [0.29, 0.717) is 11.4 Å². The summed E-state index contributed by atoms with van der Waals surface area (Å²) in [4.78, 5) is 35.6. The standard InChI is InChI=1S/C11H12N4O3/c12-7-1-6(2-8(13)3-7)11(18)15-4-9(16)14-10(17)5-15/h1-3H,4-5,12-13H2,(H,14,16,17). The molecule has 1 aliphatic heterocycles. The third kappa shape index (κ3) is 2.40. The highest BCUT2D eigenvalue weighted by Gasteiger charge is 2.27. The lowest BCUT2D eigenvalue weighted by Crippen LogP contribution is -2.53. The minimum atomic E-state index is -0.503. The molecule has 1 aromatic rings. The van der Waals surface area contributed by atoms with E-state index in [1.165, 1.54) is 18.2 Å². The number of hydrogen-bond donors (Lipinski definition) is 3. The molecule has 0 aromatic heterocycles. The number of benzene rings is 1. The third-order valence-corrected chi connectivity index (χ3v) is 2.46. The summed E-state index contributed by atoms with van der Waals surface area (Å²) in [5, 5.41) is 2.12. The van der Waals surface area contributed by atoms with Gasteiger partial charge in [0.1, 0.15) is 13.1 Å². The molecule has 1 heterocycles. The van der Waals surface area contributed by atoms with Crippen LogP contribution in [0.2, 0.25) is 0 Å². The van der Waals surface area contributed by atoms with Crippen LogP contribution in [0.15, 0.2) is 18.2 Å². The Morgan fingerprint density at radius 1 is 1.06 bits per heavy atom. The summed E-state index contributed by atoms with van der Waals surface area (Å²) in [5.41, 5.74) is 12.1. The molecule has 0 aliphatic carbocycles. The molecule has 18 heavy (non-hydrogen) atoms. The first-order valence-corrected chi connectivity index (χ1v) is 5.23. The van der Waals surface area contributed by atoms with Crippen molar-refractivity contribution in [2.24, 2.45) is 0 Å². The van der Waals surface area contributed by atoms with Crippen molar-refractivity contribution in [1.82, 2.24) is 10.2 Å². The lowest BCUT2D eigenvalue weighted by molar-refractivity contribution is -0.135. The van der Waals surface area contributed by atoms with Crippen LogP contribution in [0.4, 0.5) is 11.4 Å². The van der Waals surface area contributed by atoms with Crippen LogP contribution in [0.5, 0.6) is 0 Å². The van der Waals surface area contributed by atoms with E-state index >= 15 is 0 Å². The predicted octanol–water partition coefficient (Wildman–Crippen LogP) is -1.05. The number of amides is 3. The number of nitrogens with two attached hydrogens (primary N) is 2. The topological polar surface area (TPSA) is 119 Å². The summed E-state index contributed by atoms with van der Waals surface area (Å²) in [6.45, 7) is -0.307. The summed E-state index contributed by atoms with van der Waals surface area (Å²) in [6, 6.07) is 4.43. The van der Waals surface area contributed by atoms with Gasteiger partial charge in [-0.05, 0) is 18.2 Å². The van der Waals surface area contributed by atoms with E-state index in [1.54, 1.807) is 0 Å². The van der Waals surface area contributed by atoms with Crippen LogP contribution in [0.25, 0.3) is 0 Å². The molecule has 0 radical (unpaired) electrons. The molecule has 1 aromatic carbocycles. The van der Waals surface area contributed by atoms with Crippen molar-refractivity contribution in [1.29, 1.82) is 0 Å². The van der Waals surface area contributed by atoms with Gasteiger partial charge in [0.15, 0.2) is 0 Å². The molecule has 7 nitrogen and oxygen atoms in total. The maximum absolute atomic E-state index is 12.1. The fourth-order valence-corrected chi connectivity index (χ4v) is 1.76. The number of carbonyl (C=O) groups is 3. The molecule has 0 atom stereocenters. The molecule has 0 spiro atoms. The van der Waals surface area contributed by atoms with Crippen LogP contribution >= 0.6 is 0 Å². The largest absolute Gasteiger partial charge is 0.399 e. The zero-order valence-electron chi connectivity index (χ0n) is 9.47. The van der Waals surface area contributed by atoms with Gasteiger partial charge in [0.2, 0.25) is 11.8 Å². The van der Waals surface area contributed by atoms with E-state index in [1.807, 2.05) is 0 Å². The summed E-state index contributed by atoms with van der Waals surface area (Å²) >= 11 is 0. The maximum atomic E-state index is 12.1. The predicted molar refractivity (Wildman–Crippen MR) is 64.3 cm³/mol. The Labute approximate surface area is 103 Å². The van der Waals surface area contributed by atoms with Crippen molar-refractivity contribution in [3.8, 4) is 0 Å². The Bertz CT molecular complexity index is 505. The summed E-state index contributed by atoms with van der Waals surface area (Å²) < 4.78 is 0. The maximum Gasteiger partial charge on any atom is 0.254 e. The van der Waals surface area contributed by atoms with E-state index in [-0.39, 0.29) is 18.7 Å². The number of nitrogens with zero attached hydrogens (tertiary/aromatic N) is 1. The Hall–Kier alpha value is -2.57. The van der Waals surface area contributed by atoms with Gasteiger partial charge in [0.25, 0.3) is 5.91 Å². The smallest absolute Gasteiger partial charge is 0.254 e. The molecular formula is C11H12N4O3. The van der Waals surface area contributed by atoms with Gasteiger partial charge in [-0.15, -0.1) is 0 Å². The van der Waals surface area contributed by atoms with Crippen molar-refractivity contribution in [3.63, 3.8) is 0 Å². The average molecular weight is 248 g/mol. The first kappa shape index (κ1) is 11.9. The highest BCUT2D eigenvalue weighted by atomic mass is 16.2. The van der Waals surface area contributed by atoms with Gasteiger partial charge in [-0.1, -0.05) is 0 Å². The Morgan fingerprint density at radius 3 is 2.06 bits per heavy atom. The van der Waals surface area contributed by atoms with Gasteiger partial charge < -0.3 is 16.4 Å². The van der Waals surface area contributed by atoms with Crippen molar-refractivity contribution in [2.75, 3.05) is 24.6 Å². The first-order chi connectivity index (χ1) is 8.45. The number of rotatable bonds is 1. The van der Waals surface area contributed by atoms with Crippen molar-refractivity contribution in [2.45, 2.75) is 0 Å². The van der Waals surface area contributed by atoms with Crippen molar-refractivity contribution in [3.05, 3.63) is 23.8 Å². The van der Waals surface area contributed by atoms with Crippen molar-refractivity contribution >= 4 is 29.1 Å². The number of nitrogens with one attached hydrogen (secondary N) is 1. The number of nitrogen functional groups attached to an aromatic ring is 2. The summed E-state index contributed by atoms with van der Waals surface area (Å²) in [5.74, 6) is -1.45. The molecule has 5 N–H and O–H groups in total. The number of hydrogen-bond acceptors (Lipinski definition) is 5. The zero-order valence-corrected chi connectivity index (χ0v) is 9.47. The molecule has 0 saturated carbocycles.